The van der Waals surface area contributed by atoms with Crippen molar-refractivity contribution in [2.75, 3.05) is 4.90 Å². The van der Waals surface area contributed by atoms with Crippen molar-refractivity contribution >= 4 is 44.8 Å². The number of benzene rings is 2. The Labute approximate surface area is 183 Å². The molecule has 156 valence electrons. The third-order valence-electron chi connectivity index (χ3n) is 6.48. The Balaban J connectivity index is 1.34. The first kappa shape index (κ1) is 18.6. The number of fused-ring (bicyclic) bond motifs is 8. The summed E-state index contributed by atoms with van der Waals surface area (Å²) in [5.74, 6) is -2.21. The van der Waals surface area contributed by atoms with Gasteiger partial charge in [-0.1, -0.05) is 33.2 Å². The smallest absolute Gasteiger partial charge is 0.270 e. The Morgan fingerprint density at radius 2 is 1.68 bits per heavy atom. The molecule has 0 aromatic heterocycles. The van der Waals surface area contributed by atoms with Crippen molar-refractivity contribution in [2.45, 2.75) is 18.3 Å². The average Bonchev–Trinajstić information content (AvgIpc) is 3.49. The lowest BCUT2D eigenvalue weighted by Gasteiger charge is -2.26. The molecule has 3 saturated heterocycles. The molecule has 4 heterocycles. The quantitative estimate of drug-likeness (QED) is 0.376. The summed E-state index contributed by atoms with van der Waals surface area (Å²) in [5.41, 5.74) is 1.53. The molecule has 0 N–H and O–H groups in total. The monoisotopic (exact) mass is 483 g/mol. The van der Waals surface area contributed by atoms with Crippen LogP contribution in [0.5, 0.6) is 0 Å². The fraction of sp³-hybridized carbons (Fsp3) is 0.286. The van der Waals surface area contributed by atoms with E-state index >= 15 is 0 Å². The number of oxime groups is 1. The number of nitrogens with zero attached hydrogens (tertiary/aromatic N) is 3. The van der Waals surface area contributed by atoms with Gasteiger partial charge >= 0.3 is 0 Å². The first-order valence-corrected chi connectivity index (χ1v) is 10.5. The fourth-order valence-corrected chi connectivity index (χ4v) is 5.48. The predicted molar refractivity (Wildman–Crippen MR) is 110 cm³/mol. The van der Waals surface area contributed by atoms with Crippen molar-refractivity contribution in [3.8, 4) is 0 Å². The molecule has 6 unspecified atom stereocenters. The highest BCUT2D eigenvalue weighted by atomic mass is 79.9. The van der Waals surface area contributed by atoms with Gasteiger partial charge in [-0.25, -0.2) is 4.90 Å². The van der Waals surface area contributed by atoms with Crippen LogP contribution in [0.2, 0.25) is 0 Å². The molecular weight excluding hydrogens is 470 g/mol. The van der Waals surface area contributed by atoms with Crippen LogP contribution in [0.3, 0.4) is 0 Å². The first-order chi connectivity index (χ1) is 15.0. The molecule has 6 atom stereocenters. The molecule has 0 radical (unpaired) electrons. The molecule has 2 amide bonds. The third-order valence-corrected chi connectivity index (χ3v) is 7.01. The number of carbonyl (C=O) groups is 2. The number of imide groups is 1. The van der Waals surface area contributed by atoms with Gasteiger partial charge in [0.1, 0.15) is 6.10 Å². The molecule has 4 aliphatic rings. The van der Waals surface area contributed by atoms with Gasteiger partial charge in [0, 0.05) is 22.2 Å². The lowest BCUT2D eigenvalue weighted by Crippen LogP contribution is -2.45. The van der Waals surface area contributed by atoms with E-state index in [9.17, 15) is 19.7 Å². The number of carbonyl (C=O) groups excluding carboxylic acids is 2. The second-order valence-corrected chi connectivity index (χ2v) is 8.90. The maximum atomic E-state index is 13.3. The molecule has 10 heteroatoms. The molecule has 4 aliphatic heterocycles. The molecule has 31 heavy (non-hydrogen) atoms. The molecule has 9 nitrogen and oxygen atoms in total. The molecule has 0 aliphatic carbocycles. The highest BCUT2D eigenvalue weighted by Gasteiger charge is 2.72. The van der Waals surface area contributed by atoms with E-state index in [1.54, 1.807) is 36.4 Å². The summed E-state index contributed by atoms with van der Waals surface area (Å²) < 4.78 is 6.91. The average molecular weight is 484 g/mol. The normalized spacial score (nSPS) is 32.7. The van der Waals surface area contributed by atoms with Gasteiger partial charge in [0.15, 0.2) is 6.10 Å². The summed E-state index contributed by atoms with van der Waals surface area (Å²) >= 11 is 3.36. The van der Waals surface area contributed by atoms with E-state index in [-0.39, 0.29) is 23.4 Å². The summed E-state index contributed by atoms with van der Waals surface area (Å²) in [5, 5.41) is 15.3. The minimum Gasteiger partial charge on any atom is -0.389 e. The minimum atomic E-state index is -0.631. The number of amides is 2. The van der Waals surface area contributed by atoms with Crippen LogP contribution in [0.1, 0.15) is 5.56 Å². The molecule has 3 fully saturated rings. The third kappa shape index (κ3) is 2.48. The van der Waals surface area contributed by atoms with Crippen LogP contribution >= 0.6 is 15.9 Å². The van der Waals surface area contributed by atoms with Crippen LogP contribution in [0.4, 0.5) is 11.4 Å². The van der Waals surface area contributed by atoms with Crippen molar-refractivity contribution in [3.63, 3.8) is 0 Å². The van der Waals surface area contributed by atoms with E-state index < -0.39 is 35.1 Å². The highest BCUT2D eigenvalue weighted by Crippen LogP contribution is 2.55. The van der Waals surface area contributed by atoms with Gasteiger partial charge in [0.05, 0.1) is 40.2 Å². The number of ether oxygens (including phenoxy) is 1. The molecule has 0 spiro atoms. The maximum Gasteiger partial charge on any atom is 0.270 e. The summed E-state index contributed by atoms with van der Waals surface area (Å²) in [6.45, 7) is 0. The van der Waals surface area contributed by atoms with Gasteiger partial charge in [-0.05, 0) is 24.3 Å². The van der Waals surface area contributed by atoms with Gasteiger partial charge in [0.25, 0.3) is 5.69 Å². The van der Waals surface area contributed by atoms with Crippen molar-refractivity contribution in [2.24, 2.45) is 22.9 Å². The van der Waals surface area contributed by atoms with Crippen LogP contribution in [0.25, 0.3) is 0 Å². The zero-order valence-corrected chi connectivity index (χ0v) is 17.3. The van der Waals surface area contributed by atoms with E-state index in [1.807, 2.05) is 0 Å². The molecule has 2 aromatic rings. The second-order valence-electron chi connectivity index (χ2n) is 7.98. The maximum absolute atomic E-state index is 13.3. The van der Waals surface area contributed by atoms with Crippen molar-refractivity contribution in [1.29, 1.82) is 0 Å². The van der Waals surface area contributed by atoms with E-state index in [1.165, 1.54) is 17.0 Å². The van der Waals surface area contributed by atoms with Gasteiger partial charge in [-0.15, -0.1) is 0 Å². The number of nitro benzene ring substituents is 1. The van der Waals surface area contributed by atoms with Gasteiger partial charge in [-0.3, -0.25) is 19.7 Å². The topological polar surface area (TPSA) is 111 Å². The summed E-state index contributed by atoms with van der Waals surface area (Å²) in [6.07, 6.45) is -1.66. The van der Waals surface area contributed by atoms with Crippen LogP contribution in [-0.2, 0) is 19.2 Å². The van der Waals surface area contributed by atoms with Gasteiger partial charge in [-0.2, -0.15) is 0 Å². The number of nitro groups is 1. The largest absolute Gasteiger partial charge is 0.389 e. The summed E-state index contributed by atoms with van der Waals surface area (Å²) in [7, 11) is 0. The number of non-ortho nitro benzene ring substituents is 1. The van der Waals surface area contributed by atoms with E-state index in [0.29, 0.717) is 17.0 Å². The fourth-order valence-electron chi connectivity index (χ4n) is 5.22. The molecule has 6 rings (SSSR count). The molecule has 2 aromatic carbocycles. The summed E-state index contributed by atoms with van der Waals surface area (Å²) in [6, 6.07) is 13.1. The lowest BCUT2D eigenvalue weighted by molar-refractivity contribution is -0.384. The SMILES string of the molecule is O=C1C2C3OC(C4C(c5cccc([N+](=O)[O-])c5)=NOC34)C2C(=O)N1c1ccc(Br)cc1. The van der Waals surface area contributed by atoms with Crippen molar-refractivity contribution < 1.29 is 24.1 Å². The Hall–Kier alpha value is -3.11. The zero-order valence-electron chi connectivity index (χ0n) is 15.8. The van der Waals surface area contributed by atoms with E-state index in [0.717, 1.165) is 4.47 Å². The number of halogens is 1. The molecular formula is C21H14BrN3O6. The number of rotatable bonds is 3. The Kier molecular flexibility index (Phi) is 3.87. The standard InChI is InChI=1S/C21H14BrN3O6/c22-10-4-6-11(7-5-10)24-20(26)13-14(21(24)27)18-19-15(17(13)30-18)16(23-31-19)9-2-1-3-12(8-9)25(28)29/h1-8,13-15,17-19H. The van der Waals surface area contributed by atoms with Crippen LogP contribution in [-0.4, -0.2) is 40.8 Å². The molecule has 0 saturated carbocycles. The Bertz CT molecular complexity index is 1180. The minimum absolute atomic E-state index is 0.0564. The van der Waals surface area contributed by atoms with E-state index in [2.05, 4.69) is 21.1 Å². The zero-order chi connectivity index (χ0) is 21.4. The van der Waals surface area contributed by atoms with Gasteiger partial charge in [0.2, 0.25) is 11.8 Å². The Morgan fingerprint density at radius 3 is 2.39 bits per heavy atom. The van der Waals surface area contributed by atoms with Crippen LogP contribution in [0, 0.1) is 27.9 Å². The van der Waals surface area contributed by atoms with Gasteiger partial charge < -0.3 is 9.57 Å². The molecule has 2 bridgehead atoms. The van der Waals surface area contributed by atoms with E-state index in [4.69, 9.17) is 9.57 Å². The summed E-state index contributed by atoms with van der Waals surface area (Å²) in [4.78, 5) is 44.0. The first-order valence-electron chi connectivity index (χ1n) is 9.73. The second kappa shape index (κ2) is 6.44. The Morgan fingerprint density at radius 1 is 0.968 bits per heavy atom. The van der Waals surface area contributed by atoms with Crippen molar-refractivity contribution in [3.05, 3.63) is 68.7 Å². The van der Waals surface area contributed by atoms with Crippen LogP contribution in [0.15, 0.2) is 58.2 Å². The van der Waals surface area contributed by atoms with Crippen molar-refractivity contribution in [1.82, 2.24) is 0 Å². The number of hydrogen-bond donors (Lipinski definition) is 0. The highest BCUT2D eigenvalue weighted by molar-refractivity contribution is 9.10. The number of hydrogen-bond acceptors (Lipinski definition) is 7. The lowest BCUT2D eigenvalue weighted by atomic mass is 9.71. The predicted octanol–water partition coefficient (Wildman–Crippen LogP) is 2.66. The van der Waals surface area contributed by atoms with Crippen LogP contribution < -0.4 is 4.90 Å². The number of anilines is 1.